The van der Waals surface area contributed by atoms with Crippen LogP contribution in [0.5, 0.6) is 5.88 Å². The first-order valence-electron chi connectivity index (χ1n) is 11.1. The summed E-state index contributed by atoms with van der Waals surface area (Å²) >= 11 is 0. The predicted molar refractivity (Wildman–Crippen MR) is 117 cm³/mol. The number of hydrogen-bond acceptors (Lipinski definition) is 5. The Balaban J connectivity index is 1.30. The molecule has 6 rings (SSSR count). The van der Waals surface area contributed by atoms with Gasteiger partial charge in [-0.2, -0.15) is 10.1 Å². The summed E-state index contributed by atoms with van der Waals surface area (Å²) in [7, 11) is 0. The van der Waals surface area contributed by atoms with Crippen molar-refractivity contribution < 1.29 is 4.74 Å². The first kappa shape index (κ1) is 18.0. The van der Waals surface area contributed by atoms with Crippen molar-refractivity contribution in [3.8, 4) is 22.7 Å². The van der Waals surface area contributed by atoms with Gasteiger partial charge in [0, 0.05) is 42.6 Å². The third-order valence-corrected chi connectivity index (χ3v) is 6.88. The third kappa shape index (κ3) is 2.98. The molecule has 5 heterocycles. The maximum Gasteiger partial charge on any atom is 0.223 e. The normalized spacial score (nSPS) is 24.1. The van der Waals surface area contributed by atoms with E-state index in [2.05, 4.69) is 52.6 Å². The molecule has 0 radical (unpaired) electrons. The van der Waals surface area contributed by atoms with Gasteiger partial charge in [-0.1, -0.05) is 6.07 Å². The molecule has 3 aliphatic rings. The number of hydrogen-bond donors (Lipinski definition) is 1. The van der Waals surface area contributed by atoms with E-state index in [1.807, 2.05) is 16.9 Å². The maximum absolute atomic E-state index is 6.12. The van der Waals surface area contributed by atoms with Crippen LogP contribution in [-0.4, -0.2) is 39.4 Å². The zero-order valence-corrected chi connectivity index (χ0v) is 17.3. The summed E-state index contributed by atoms with van der Waals surface area (Å²) < 4.78 is 8.00. The number of nitrogens with zero attached hydrogens (tertiary/aromatic N) is 4. The van der Waals surface area contributed by atoms with Crippen LogP contribution in [0.4, 0.5) is 5.82 Å². The minimum atomic E-state index is 0.539. The second-order valence-corrected chi connectivity index (χ2v) is 8.65. The first-order chi connectivity index (χ1) is 14.8. The molecule has 30 heavy (non-hydrogen) atoms. The molecule has 3 aliphatic heterocycles. The Kier molecular flexibility index (Phi) is 4.27. The third-order valence-electron chi connectivity index (χ3n) is 6.88. The first-order valence-corrected chi connectivity index (χ1v) is 11.1. The van der Waals surface area contributed by atoms with Crippen LogP contribution < -0.4 is 15.0 Å². The summed E-state index contributed by atoms with van der Waals surface area (Å²) in [5.41, 5.74) is 4.50. The van der Waals surface area contributed by atoms with Gasteiger partial charge in [0.2, 0.25) is 5.88 Å². The maximum atomic E-state index is 6.12. The van der Waals surface area contributed by atoms with Gasteiger partial charge in [0.15, 0.2) is 0 Å². The zero-order chi connectivity index (χ0) is 20.1. The van der Waals surface area contributed by atoms with Crippen molar-refractivity contribution in [1.82, 2.24) is 20.1 Å². The van der Waals surface area contributed by atoms with Crippen molar-refractivity contribution in [2.24, 2.45) is 0 Å². The summed E-state index contributed by atoms with van der Waals surface area (Å²) in [6.07, 6.45) is 8.81. The molecule has 0 unspecified atom stereocenters. The van der Waals surface area contributed by atoms with E-state index in [4.69, 9.17) is 9.72 Å². The fraction of sp³-hybridized carbons (Fsp3) is 0.417. The van der Waals surface area contributed by atoms with Crippen molar-refractivity contribution in [1.29, 1.82) is 0 Å². The Morgan fingerprint density at radius 3 is 2.73 bits per heavy atom. The number of benzene rings is 1. The highest BCUT2D eigenvalue weighted by Gasteiger charge is 2.36. The molecule has 6 nitrogen and oxygen atoms in total. The fourth-order valence-corrected chi connectivity index (χ4v) is 5.47. The minimum Gasteiger partial charge on any atom is -0.472 e. The van der Waals surface area contributed by atoms with Crippen molar-refractivity contribution in [3.05, 3.63) is 54.4 Å². The molecule has 2 saturated heterocycles. The van der Waals surface area contributed by atoms with Crippen LogP contribution >= 0.6 is 0 Å². The number of piperidine rings is 1. The standard InChI is InChI=1S/C24H27N5O/c1-2-28(20-13-17-4-5-18(14-20)26-17)23-9-8-22-21-7-6-19(29-11-3-10-25-29)12-16(21)15-30-24(22)27-23/h3,6-12,17-18,20,26H,2,4-5,13-15H2,1H3/t17-,18+,20-. The van der Waals surface area contributed by atoms with Gasteiger partial charge in [-0.05, 0) is 74.1 Å². The van der Waals surface area contributed by atoms with Crippen molar-refractivity contribution in [2.75, 3.05) is 11.4 Å². The van der Waals surface area contributed by atoms with Crippen LogP contribution in [-0.2, 0) is 6.61 Å². The Bertz CT molecular complexity index is 1050. The van der Waals surface area contributed by atoms with Crippen molar-refractivity contribution in [2.45, 2.75) is 57.3 Å². The van der Waals surface area contributed by atoms with E-state index in [9.17, 15) is 0 Å². The smallest absolute Gasteiger partial charge is 0.223 e. The van der Waals surface area contributed by atoms with Gasteiger partial charge < -0.3 is 15.0 Å². The summed E-state index contributed by atoms with van der Waals surface area (Å²) in [6, 6.07) is 14.6. The summed E-state index contributed by atoms with van der Waals surface area (Å²) in [5.74, 6) is 1.79. The van der Waals surface area contributed by atoms with Crippen LogP contribution in [0.1, 0.15) is 38.2 Å². The van der Waals surface area contributed by atoms with E-state index in [1.165, 1.54) is 36.8 Å². The number of rotatable bonds is 4. The van der Waals surface area contributed by atoms with Crippen LogP contribution in [0, 0.1) is 0 Å². The van der Waals surface area contributed by atoms with Gasteiger partial charge in [0.25, 0.3) is 0 Å². The Morgan fingerprint density at radius 2 is 1.97 bits per heavy atom. The Hall–Kier alpha value is -2.86. The monoisotopic (exact) mass is 401 g/mol. The molecule has 2 bridgehead atoms. The average Bonchev–Trinajstić information content (AvgIpc) is 3.43. The van der Waals surface area contributed by atoms with E-state index < -0.39 is 0 Å². The lowest BCUT2D eigenvalue weighted by Gasteiger charge is -2.38. The number of anilines is 1. The Morgan fingerprint density at radius 1 is 1.13 bits per heavy atom. The van der Waals surface area contributed by atoms with Gasteiger partial charge in [-0.15, -0.1) is 0 Å². The fourth-order valence-electron chi connectivity index (χ4n) is 5.47. The van der Waals surface area contributed by atoms with Crippen molar-refractivity contribution in [3.63, 3.8) is 0 Å². The number of nitrogens with one attached hydrogen (secondary N) is 1. The molecule has 0 spiro atoms. The van der Waals surface area contributed by atoms with Gasteiger partial charge in [0.05, 0.1) is 5.69 Å². The number of fused-ring (bicyclic) bond motifs is 5. The average molecular weight is 402 g/mol. The quantitative estimate of drug-likeness (QED) is 0.718. The molecule has 1 aromatic carbocycles. The van der Waals surface area contributed by atoms with Gasteiger partial charge in [-0.25, -0.2) is 4.68 Å². The highest BCUT2D eigenvalue weighted by atomic mass is 16.5. The van der Waals surface area contributed by atoms with E-state index in [0.717, 1.165) is 29.5 Å². The van der Waals surface area contributed by atoms with Gasteiger partial charge in [0.1, 0.15) is 12.4 Å². The number of ether oxygens (including phenoxy) is 1. The van der Waals surface area contributed by atoms with E-state index in [-0.39, 0.29) is 0 Å². The topological polar surface area (TPSA) is 55.2 Å². The molecule has 0 amide bonds. The van der Waals surface area contributed by atoms with E-state index in [0.29, 0.717) is 24.7 Å². The molecule has 3 atom stereocenters. The molecule has 0 saturated carbocycles. The van der Waals surface area contributed by atoms with E-state index >= 15 is 0 Å². The molecule has 3 aromatic rings. The zero-order valence-electron chi connectivity index (χ0n) is 17.3. The molecule has 2 fully saturated rings. The largest absolute Gasteiger partial charge is 0.472 e. The number of aromatic nitrogens is 3. The van der Waals surface area contributed by atoms with Crippen LogP contribution in [0.3, 0.4) is 0 Å². The lowest BCUT2D eigenvalue weighted by molar-refractivity contribution is 0.289. The SMILES string of the molecule is CCN(c1ccc2c(n1)OCc1cc(-n3cccn3)ccc1-2)[C@@H]1C[C@H]2CC[C@@H](C1)N2. The highest BCUT2D eigenvalue weighted by molar-refractivity contribution is 5.75. The molecule has 0 aliphatic carbocycles. The van der Waals surface area contributed by atoms with Gasteiger partial charge in [-0.3, -0.25) is 0 Å². The lowest BCUT2D eigenvalue weighted by Crippen LogP contribution is -2.48. The second kappa shape index (κ2) is 7.13. The molecule has 1 N–H and O–H groups in total. The second-order valence-electron chi connectivity index (χ2n) is 8.65. The summed E-state index contributed by atoms with van der Waals surface area (Å²) in [5, 5.41) is 8.08. The van der Waals surface area contributed by atoms with Crippen LogP contribution in [0.15, 0.2) is 48.8 Å². The van der Waals surface area contributed by atoms with Crippen LogP contribution in [0.2, 0.25) is 0 Å². The molecular weight excluding hydrogens is 374 g/mol. The van der Waals surface area contributed by atoms with Crippen molar-refractivity contribution >= 4 is 5.82 Å². The molecule has 2 aromatic heterocycles. The minimum absolute atomic E-state index is 0.539. The molecule has 154 valence electrons. The van der Waals surface area contributed by atoms with Crippen LogP contribution in [0.25, 0.3) is 16.8 Å². The molecule has 6 heteroatoms. The molecular formula is C24H27N5O. The predicted octanol–water partition coefficient (Wildman–Crippen LogP) is 3.94. The Labute approximate surface area is 176 Å². The van der Waals surface area contributed by atoms with Gasteiger partial charge >= 0.3 is 0 Å². The highest BCUT2D eigenvalue weighted by Crippen LogP contribution is 2.39. The lowest BCUT2D eigenvalue weighted by atomic mass is 9.97. The summed E-state index contributed by atoms with van der Waals surface area (Å²) in [6.45, 7) is 3.75. The number of pyridine rings is 1. The summed E-state index contributed by atoms with van der Waals surface area (Å²) in [4.78, 5) is 7.45. The van der Waals surface area contributed by atoms with E-state index in [1.54, 1.807) is 6.20 Å².